The summed E-state index contributed by atoms with van der Waals surface area (Å²) in [5.74, 6) is -0.454. The standard InChI is InChI=1S/C12H17ClFNO2/c1-17-6-5-15-8-10(16)7-9-3-2-4-11(13)12(9)14/h2-4,10,15-16H,5-8H2,1H3. The molecule has 0 radical (unpaired) electrons. The van der Waals surface area contributed by atoms with Crippen LogP contribution >= 0.6 is 11.6 Å². The number of rotatable bonds is 7. The summed E-state index contributed by atoms with van der Waals surface area (Å²) in [7, 11) is 1.61. The van der Waals surface area contributed by atoms with Crippen molar-refractivity contribution in [2.75, 3.05) is 26.8 Å². The summed E-state index contributed by atoms with van der Waals surface area (Å²) in [4.78, 5) is 0. The van der Waals surface area contributed by atoms with Gasteiger partial charge in [0.15, 0.2) is 0 Å². The molecule has 2 N–H and O–H groups in total. The SMILES string of the molecule is COCCNCC(O)Cc1cccc(Cl)c1F. The monoisotopic (exact) mass is 261 g/mol. The number of methoxy groups -OCH3 is 1. The quantitative estimate of drug-likeness (QED) is 0.733. The third-order valence-corrected chi connectivity index (χ3v) is 2.64. The fourth-order valence-corrected chi connectivity index (χ4v) is 1.67. The number of nitrogens with one attached hydrogen (secondary N) is 1. The highest BCUT2D eigenvalue weighted by molar-refractivity contribution is 6.30. The summed E-state index contributed by atoms with van der Waals surface area (Å²) >= 11 is 5.65. The largest absolute Gasteiger partial charge is 0.391 e. The van der Waals surface area contributed by atoms with Crippen LogP contribution in [0.25, 0.3) is 0 Å². The molecule has 1 rings (SSSR count). The first-order chi connectivity index (χ1) is 8.15. The van der Waals surface area contributed by atoms with Crippen molar-refractivity contribution in [3.63, 3.8) is 0 Å². The summed E-state index contributed by atoms with van der Waals surface area (Å²) in [6, 6.07) is 4.79. The van der Waals surface area contributed by atoms with Crippen LogP contribution in [0.5, 0.6) is 0 Å². The van der Waals surface area contributed by atoms with Gasteiger partial charge in [0.2, 0.25) is 0 Å². The lowest BCUT2D eigenvalue weighted by Gasteiger charge is -2.12. The van der Waals surface area contributed by atoms with E-state index in [4.69, 9.17) is 16.3 Å². The van der Waals surface area contributed by atoms with Crippen molar-refractivity contribution >= 4 is 11.6 Å². The van der Waals surface area contributed by atoms with Crippen LogP contribution in [0.4, 0.5) is 4.39 Å². The zero-order chi connectivity index (χ0) is 12.7. The number of hydrogen-bond donors (Lipinski definition) is 2. The normalized spacial score (nSPS) is 12.7. The molecule has 0 fully saturated rings. The first kappa shape index (κ1) is 14.4. The van der Waals surface area contributed by atoms with Gasteiger partial charge in [-0.15, -0.1) is 0 Å². The summed E-state index contributed by atoms with van der Waals surface area (Å²) < 4.78 is 18.4. The summed E-state index contributed by atoms with van der Waals surface area (Å²) in [5.41, 5.74) is 0.429. The smallest absolute Gasteiger partial charge is 0.145 e. The zero-order valence-electron chi connectivity index (χ0n) is 9.75. The average molecular weight is 262 g/mol. The predicted octanol–water partition coefficient (Wildman–Crippen LogP) is 1.62. The van der Waals surface area contributed by atoms with Crippen molar-refractivity contribution in [3.05, 3.63) is 34.6 Å². The molecule has 0 saturated heterocycles. The third kappa shape index (κ3) is 5.00. The van der Waals surface area contributed by atoms with E-state index in [0.29, 0.717) is 25.3 Å². The van der Waals surface area contributed by atoms with Gasteiger partial charge in [0, 0.05) is 26.6 Å². The third-order valence-electron chi connectivity index (χ3n) is 2.35. The first-order valence-electron chi connectivity index (χ1n) is 5.45. The maximum atomic E-state index is 13.5. The van der Waals surface area contributed by atoms with E-state index in [1.54, 1.807) is 19.2 Å². The van der Waals surface area contributed by atoms with Gasteiger partial charge < -0.3 is 15.2 Å². The molecule has 5 heteroatoms. The van der Waals surface area contributed by atoms with E-state index in [1.165, 1.54) is 6.07 Å². The molecular weight excluding hydrogens is 245 g/mol. The van der Waals surface area contributed by atoms with E-state index in [9.17, 15) is 9.50 Å². The molecule has 3 nitrogen and oxygen atoms in total. The Morgan fingerprint density at radius 1 is 1.53 bits per heavy atom. The van der Waals surface area contributed by atoms with Gasteiger partial charge >= 0.3 is 0 Å². The van der Waals surface area contributed by atoms with Gasteiger partial charge in [-0.2, -0.15) is 0 Å². The highest BCUT2D eigenvalue weighted by atomic mass is 35.5. The van der Waals surface area contributed by atoms with Crippen LogP contribution in [0, 0.1) is 5.82 Å². The number of ether oxygens (including phenoxy) is 1. The van der Waals surface area contributed by atoms with Gasteiger partial charge in [-0.25, -0.2) is 4.39 Å². The lowest BCUT2D eigenvalue weighted by atomic mass is 10.1. The van der Waals surface area contributed by atoms with E-state index in [2.05, 4.69) is 5.32 Å². The van der Waals surface area contributed by atoms with Crippen molar-refractivity contribution < 1.29 is 14.2 Å². The highest BCUT2D eigenvalue weighted by Gasteiger charge is 2.11. The maximum Gasteiger partial charge on any atom is 0.145 e. The Labute approximate surface area is 106 Å². The number of aliphatic hydroxyl groups excluding tert-OH is 1. The second-order valence-electron chi connectivity index (χ2n) is 3.77. The number of aliphatic hydroxyl groups is 1. The fraction of sp³-hybridized carbons (Fsp3) is 0.500. The van der Waals surface area contributed by atoms with Crippen molar-refractivity contribution in [1.82, 2.24) is 5.32 Å². The Morgan fingerprint density at radius 2 is 2.29 bits per heavy atom. The number of benzene rings is 1. The van der Waals surface area contributed by atoms with E-state index in [0.717, 1.165) is 0 Å². The second-order valence-corrected chi connectivity index (χ2v) is 4.18. The lowest BCUT2D eigenvalue weighted by Crippen LogP contribution is -2.30. The lowest BCUT2D eigenvalue weighted by molar-refractivity contribution is 0.159. The van der Waals surface area contributed by atoms with Crippen LogP contribution in [0.3, 0.4) is 0 Å². The van der Waals surface area contributed by atoms with Crippen LogP contribution in [0.15, 0.2) is 18.2 Å². The van der Waals surface area contributed by atoms with Gasteiger partial charge in [-0.05, 0) is 11.6 Å². The van der Waals surface area contributed by atoms with Gasteiger partial charge in [0.05, 0.1) is 17.7 Å². The van der Waals surface area contributed by atoms with Crippen LogP contribution in [-0.2, 0) is 11.2 Å². The molecule has 0 aliphatic carbocycles. The molecule has 0 amide bonds. The van der Waals surface area contributed by atoms with Crippen molar-refractivity contribution in [3.8, 4) is 0 Å². The van der Waals surface area contributed by atoms with Crippen molar-refractivity contribution in [2.24, 2.45) is 0 Å². The van der Waals surface area contributed by atoms with Crippen LogP contribution in [-0.4, -0.2) is 38.0 Å². The summed E-state index contributed by atoms with van der Waals surface area (Å²) in [6.07, 6.45) is -0.397. The van der Waals surface area contributed by atoms with Gasteiger partial charge in [-0.1, -0.05) is 23.7 Å². The van der Waals surface area contributed by atoms with Gasteiger partial charge in [0.25, 0.3) is 0 Å². The van der Waals surface area contributed by atoms with Crippen molar-refractivity contribution in [2.45, 2.75) is 12.5 Å². The molecule has 0 heterocycles. The second kappa shape index (κ2) is 7.61. The molecule has 96 valence electrons. The maximum absolute atomic E-state index is 13.5. The fourth-order valence-electron chi connectivity index (χ4n) is 1.48. The van der Waals surface area contributed by atoms with E-state index in [1.807, 2.05) is 0 Å². The molecule has 0 spiro atoms. The minimum atomic E-state index is -0.639. The average Bonchev–Trinajstić information content (AvgIpc) is 2.31. The molecule has 0 aliphatic rings. The van der Waals surface area contributed by atoms with Crippen LogP contribution < -0.4 is 5.32 Å². The number of halogens is 2. The number of hydrogen-bond acceptors (Lipinski definition) is 3. The molecule has 1 aromatic carbocycles. The van der Waals surface area contributed by atoms with Gasteiger partial charge in [-0.3, -0.25) is 0 Å². The van der Waals surface area contributed by atoms with Crippen LogP contribution in [0.2, 0.25) is 5.02 Å². The Bertz CT molecular complexity index is 349. The Hall–Kier alpha value is -0.680. The topological polar surface area (TPSA) is 41.5 Å². The Kier molecular flexibility index (Phi) is 6.44. The molecule has 17 heavy (non-hydrogen) atoms. The van der Waals surface area contributed by atoms with E-state index in [-0.39, 0.29) is 11.4 Å². The van der Waals surface area contributed by atoms with E-state index >= 15 is 0 Å². The molecule has 0 aromatic heterocycles. The first-order valence-corrected chi connectivity index (χ1v) is 5.83. The Balaban J connectivity index is 2.39. The molecule has 1 atom stereocenters. The molecule has 0 aliphatic heterocycles. The summed E-state index contributed by atoms with van der Waals surface area (Å²) in [5, 5.41) is 12.8. The molecular formula is C12H17ClFNO2. The van der Waals surface area contributed by atoms with E-state index < -0.39 is 11.9 Å². The van der Waals surface area contributed by atoms with Gasteiger partial charge in [0.1, 0.15) is 5.82 Å². The zero-order valence-corrected chi connectivity index (χ0v) is 10.5. The predicted molar refractivity (Wildman–Crippen MR) is 65.9 cm³/mol. The van der Waals surface area contributed by atoms with Crippen LogP contribution in [0.1, 0.15) is 5.56 Å². The Morgan fingerprint density at radius 3 is 3.00 bits per heavy atom. The summed E-state index contributed by atoms with van der Waals surface area (Å²) in [6.45, 7) is 1.64. The van der Waals surface area contributed by atoms with Crippen molar-refractivity contribution in [1.29, 1.82) is 0 Å². The minimum absolute atomic E-state index is 0.0852. The molecule has 1 unspecified atom stereocenters. The highest BCUT2D eigenvalue weighted by Crippen LogP contribution is 2.18. The minimum Gasteiger partial charge on any atom is -0.391 e. The molecule has 0 saturated carbocycles. The molecule has 0 bridgehead atoms. The molecule has 1 aromatic rings.